The van der Waals surface area contributed by atoms with Crippen LogP contribution in [0.2, 0.25) is 5.02 Å². The largest absolute Gasteiger partial charge is 0.352 e. The Morgan fingerprint density at radius 2 is 2.25 bits per heavy atom. The van der Waals surface area contributed by atoms with E-state index in [9.17, 15) is 9.18 Å². The highest BCUT2D eigenvalue weighted by Gasteiger charge is 2.06. The van der Waals surface area contributed by atoms with Gasteiger partial charge in [-0.15, -0.1) is 0 Å². The first kappa shape index (κ1) is 12.6. The molecule has 0 saturated heterocycles. The van der Waals surface area contributed by atoms with E-state index in [4.69, 9.17) is 11.6 Å². The minimum absolute atomic E-state index is 0.0678. The summed E-state index contributed by atoms with van der Waals surface area (Å²) < 4.78 is 13.3. The molecule has 3 rings (SSSR count). The van der Waals surface area contributed by atoms with Crippen molar-refractivity contribution in [3.63, 3.8) is 0 Å². The van der Waals surface area contributed by atoms with Gasteiger partial charge in [-0.3, -0.25) is 9.78 Å². The number of halogens is 2. The van der Waals surface area contributed by atoms with E-state index in [0.717, 1.165) is 0 Å². The number of aromatic amines is 2. The van der Waals surface area contributed by atoms with Crippen molar-refractivity contribution in [2.75, 3.05) is 5.32 Å². The Labute approximate surface area is 117 Å². The van der Waals surface area contributed by atoms with Crippen molar-refractivity contribution in [1.29, 1.82) is 0 Å². The number of nitrogens with one attached hydrogen (secondary N) is 3. The summed E-state index contributed by atoms with van der Waals surface area (Å²) in [7, 11) is 0. The molecule has 102 valence electrons. The van der Waals surface area contributed by atoms with Crippen LogP contribution in [0.5, 0.6) is 0 Å². The smallest absolute Gasteiger partial charge is 0.278 e. The minimum Gasteiger partial charge on any atom is -0.352 e. The van der Waals surface area contributed by atoms with E-state index < -0.39 is 5.82 Å². The van der Waals surface area contributed by atoms with Crippen LogP contribution in [-0.2, 0) is 6.54 Å². The average Bonchev–Trinajstić information content (AvgIpc) is 2.89. The van der Waals surface area contributed by atoms with Gasteiger partial charge in [-0.2, -0.15) is 4.98 Å². The van der Waals surface area contributed by atoms with Crippen molar-refractivity contribution in [3.05, 3.63) is 51.3 Å². The average molecular weight is 294 g/mol. The van der Waals surface area contributed by atoms with E-state index in [0.29, 0.717) is 23.3 Å². The maximum atomic E-state index is 13.3. The van der Waals surface area contributed by atoms with Crippen molar-refractivity contribution in [1.82, 2.24) is 19.9 Å². The summed E-state index contributed by atoms with van der Waals surface area (Å²) in [4.78, 5) is 25.0. The lowest BCUT2D eigenvalue weighted by Gasteiger charge is -2.05. The van der Waals surface area contributed by atoms with Crippen molar-refractivity contribution < 1.29 is 4.39 Å². The Morgan fingerprint density at radius 1 is 1.40 bits per heavy atom. The summed E-state index contributed by atoms with van der Waals surface area (Å²) in [5.74, 6) is -0.222. The number of rotatable bonds is 3. The quantitative estimate of drug-likeness (QED) is 0.690. The molecule has 0 aliphatic rings. The molecule has 3 aromatic rings. The zero-order valence-corrected chi connectivity index (χ0v) is 10.8. The third kappa shape index (κ3) is 2.35. The number of anilines is 1. The fourth-order valence-electron chi connectivity index (χ4n) is 1.76. The van der Waals surface area contributed by atoms with Crippen LogP contribution in [-0.4, -0.2) is 19.9 Å². The lowest BCUT2D eigenvalue weighted by atomic mass is 10.2. The molecule has 0 spiro atoms. The van der Waals surface area contributed by atoms with Gasteiger partial charge in [0.15, 0.2) is 11.2 Å². The predicted octanol–water partition coefficient (Wildman–Crippen LogP) is 2.05. The molecule has 0 aliphatic heterocycles. The van der Waals surface area contributed by atoms with Gasteiger partial charge in [-0.05, 0) is 17.7 Å². The van der Waals surface area contributed by atoms with Gasteiger partial charge in [0.2, 0.25) is 5.95 Å². The van der Waals surface area contributed by atoms with Gasteiger partial charge in [0.25, 0.3) is 5.56 Å². The second-order valence-corrected chi connectivity index (χ2v) is 4.52. The molecule has 3 N–H and O–H groups in total. The van der Waals surface area contributed by atoms with E-state index in [2.05, 4.69) is 25.3 Å². The number of aromatic nitrogens is 4. The molecule has 20 heavy (non-hydrogen) atoms. The summed E-state index contributed by atoms with van der Waals surface area (Å²) in [6.07, 6.45) is 1.39. The van der Waals surface area contributed by atoms with Crippen molar-refractivity contribution in [2.45, 2.75) is 6.54 Å². The van der Waals surface area contributed by atoms with Gasteiger partial charge in [0.05, 0.1) is 11.3 Å². The lowest BCUT2D eigenvalue weighted by Crippen LogP contribution is -2.13. The summed E-state index contributed by atoms with van der Waals surface area (Å²) >= 11 is 5.60. The second-order valence-electron chi connectivity index (χ2n) is 4.12. The van der Waals surface area contributed by atoms with Crippen molar-refractivity contribution >= 4 is 28.7 Å². The fraction of sp³-hybridized carbons (Fsp3) is 0.0833. The van der Waals surface area contributed by atoms with Gasteiger partial charge in [-0.25, -0.2) is 9.37 Å². The molecule has 6 nitrogen and oxygen atoms in total. The Bertz CT molecular complexity index is 828. The van der Waals surface area contributed by atoms with Crippen LogP contribution in [0.1, 0.15) is 5.56 Å². The monoisotopic (exact) mass is 293 g/mol. The molecule has 0 fully saturated rings. The molecular weight excluding hydrogens is 285 g/mol. The molecule has 2 aromatic heterocycles. The zero-order chi connectivity index (χ0) is 14.1. The van der Waals surface area contributed by atoms with Crippen LogP contribution in [0.25, 0.3) is 11.2 Å². The molecule has 0 saturated carbocycles. The number of fused-ring (bicyclic) bond motifs is 1. The summed E-state index contributed by atoms with van der Waals surface area (Å²) in [6, 6.07) is 4.48. The van der Waals surface area contributed by atoms with Gasteiger partial charge in [0.1, 0.15) is 5.82 Å². The van der Waals surface area contributed by atoms with Crippen LogP contribution >= 0.6 is 11.6 Å². The number of benzene rings is 1. The molecular formula is C12H9ClFN5O. The van der Waals surface area contributed by atoms with Crippen LogP contribution < -0.4 is 10.9 Å². The number of nitrogens with zero attached hydrogens (tertiary/aromatic N) is 2. The van der Waals surface area contributed by atoms with E-state index in [1.165, 1.54) is 18.5 Å². The van der Waals surface area contributed by atoms with E-state index >= 15 is 0 Å². The molecule has 0 unspecified atom stereocenters. The third-order valence-electron chi connectivity index (χ3n) is 2.74. The molecule has 0 radical (unpaired) electrons. The molecule has 2 heterocycles. The number of hydrogen-bond donors (Lipinski definition) is 3. The van der Waals surface area contributed by atoms with Crippen LogP contribution in [0, 0.1) is 5.82 Å². The standard InChI is InChI=1S/C12H9ClFN5O/c13-7-2-1-6(3-8(7)14)4-15-12-18-10-9(11(20)19-12)16-5-17-10/h1-3,5H,4H2,(H3,15,16,17,18,19,20). The van der Waals surface area contributed by atoms with Crippen LogP contribution in [0.3, 0.4) is 0 Å². The van der Waals surface area contributed by atoms with Gasteiger partial charge in [-0.1, -0.05) is 17.7 Å². The first-order valence-corrected chi connectivity index (χ1v) is 6.12. The zero-order valence-electron chi connectivity index (χ0n) is 10.1. The summed E-state index contributed by atoms with van der Waals surface area (Å²) in [5, 5.41) is 2.97. The maximum Gasteiger partial charge on any atom is 0.278 e. The minimum atomic E-state index is -0.491. The second kappa shape index (κ2) is 4.93. The van der Waals surface area contributed by atoms with E-state index in [1.807, 2.05) is 0 Å². The normalized spacial score (nSPS) is 10.9. The van der Waals surface area contributed by atoms with Crippen LogP contribution in [0.15, 0.2) is 29.3 Å². The molecule has 0 aliphatic carbocycles. The highest BCUT2D eigenvalue weighted by molar-refractivity contribution is 6.30. The number of H-pyrrole nitrogens is 2. The first-order chi connectivity index (χ1) is 9.63. The molecule has 0 amide bonds. The Kier molecular flexibility index (Phi) is 3.11. The Morgan fingerprint density at radius 3 is 3.05 bits per heavy atom. The molecule has 0 bridgehead atoms. The molecule has 8 heteroatoms. The Balaban J connectivity index is 1.82. The van der Waals surface area contributed by atoms with E-state index in [-0.39, 0.29) is 16.5 Å². The highest BCUT2D eigenvalue weighted by atomic mass is 35.5. The lowest BCUT2D eigenvalue weighted by molar-refractivity contribution is 0.626. The summed E-state index contributed by atoms with van der Waals surface area (Å²) in [6.45, 7) is 0.299. The van der Waals surface area contributed by atoms with Crippen molar-refractivity contribution in [2.24, 2.45) is 0 Å². The highest BCUT2D eigenvalue weighted by Crippen LogP contribution is 2.16. The fourth-order valence-corrected chi connectivity index (χ4v) is 1.88. The number of imidazole rings is 1. The first-order valence-electron chi connectivity index (χ1n) is 5.74. The molecule has 0 atom stereocenters. The van der Waals surface area contributed by atoms with Crippen LogP contribution in [0.4, 0.5) is 10.3 Å². The Hall–Kier alpha value is -2.41. The van der Waals surface area contributed by atoms with Gasteiger partial charge >= 0.3 is 0 Å². The van der Waals surface area contributed by atoms with Gasteiger partial charge < -0.3 is 10.3 Å². The number of hydrogen-bond acceptors (Lipinski definition) is 4. The maximum absolute atomic E-state index is 13.3. The summed E-state index contributed by atoms with van der Waals surface area (Å²) in [5.41, 5.74) is 0.987. The van der Waals surface area contributed by atoms with Gasteiger partial charge in [0, 0.05) is 6.54 Å². The molecule has 1 aromatic carbocycles. The van der Waals surface area contributed by atoms with E-state index in [1.54, 1.807) is 6.07 Å². The van der Waals surface area contributed by atoms with Crippen molar-refractivity contribution in [3.8, 4) is 0 Å². The predicted molar refractivity (Wildman–Crippen MR) is 73.2 cm³/mol. The topological polar surface area (TPSA) is 86.5 Å². The SMILES string of the molecule is O=c1[nH]c(NCc2ccc(Cl)c(F)c2)nc2nc[nH]c12. The third-order valence-corrected chi connectivity index (χ3v) is 3.05.